The van der Waals surface area contributed by atoms with Crippen molar-refractivity contribution in [2.75, 3.05) is 6.61 Å². The second-order valence-electron chi connectivity index (χ2n) is 6.27. The zero-order chi connectivity index (χ0) is 18.7. The standard InChI is InChI=1S/C21H28O4/c1-5-7-12-19(14-16(3)4)25-21(23)18-11-9-10-17(15-18)20(22)24-13-8-6-2/h9-11,15-16,19H,5-6,8,13-14H2,1-4H3. The maximum Gasteiger partial charge on any atom is 0.339 e. The molecule has 0 fully saturated rings. The first-order valence-electron chi connectivity index (χ1n) is 8.94. The number of rotatable bonds is 8. The van der Waals surface area contributed by atoms with E-state index in [0.29, 0.717) is 36.5 Å². The molecule has 0 heterocycles. The largest absolute Gasteiger partial charge is 0.462 e. The van der Waals surface area contributed by atoms with Gasteiger partial charge in [-0.25, -0.2) is 9.59 Å². The van der Waals surface area contributed by atoms with E-state index in [0.717, 1.165) is 12.8 Å². The molecule has 0 aliphatic carbocycles. The molecular formula is C21H28O4. The minimum Gasteiger partial charge on any atom is -0.462 e. The van der Waals surface area contributed by atoms with Gasteiger partial charge in [-0.3, -0.25) is 0 Å². The van der Waals surface area contributed by atoms with Gasteiger partial charge in [-0.1, -0.05) is 52.0 Å². The molecule has 1 atom stereocenters. The van der Waals surface area contributed by atoms with Crippen LogP contribution in [0.3, 0.4) is 0 Å². The fourth-order valence-corrected chi connectivity index (χ4v) is 2.14. The fraction of sp³-hybridized carbons (Fsp3) is 0.524. The molecule has 1 aromatic rings. The van der Waals surface area contributed by atoms with Crippen molar-refractivity contribution in [1.29, 1.82) is 0 Å². The molecule has 0 saturated carbocycles. The fourth-order valence-electron chi connectivity index (χ4n) is 2.14. The van der Waals surface area contributed by atoms with Gasteiger partial charge in [0.2, 0.25) is 0 Å². The zero-order valence-corrected chi connectivity index (χ0v) is 15.6. The highest BCUT2D eigenvalue weighted by molar-refractivity contribution is 5.95. The van der Waals surface area contributed by atoms with Crippen LogP contribution in [0, 0.1) is 17.8 Å². The van der Waals surface area contributed by atoms with Crippen molar-refractivity contribution in [3.05, 3.63) is 35.4 Å². The van der Waals surface area contributed by atoms with E-state index in [4.69, 9.17) is 9.47 Å². The molecule has 25 heavy (non-hydrogen) atoms. The molecule has 1 unspecified atom stereocenters. The second kappa shape index (κ2) is 11.3. The third kappa shape index (κ3) is 7.89. The van der Waals surface area contributed by atoms with Crippen molar-refractivity contribution in [3.63, 3.8) is 0 Å². The van der Waals surface area contributed by atoms with E-state index >= 15 is 0 Å². The minimum absolute atomic E-state index is 0.331. The van der Waals surface area contributed by atoms with Crippen LogP contribution in [0.15, 0.2) is 24.3 Å². The lowest BCUT2D eigenvalue weighted by Gasteiger charge is -2.15. The summed E-state index contributed by atoms with van der Waals surface area (Å²) in [5.74, 6) is 5.42. The lowest BCUT2D eigenvalue weighted by molar-refractivity contribution is 0.0377. The first-order valence-corrected chi connectivity index (χ1v) is 8.94. The molecule has 1 aromatic carbocycles. The Hall–Kier alpha value is -2.28. The molecule has 0 spiro atoms. The summed E-state index contributed by atoms with van der Waals surface area (Å²) < 4.78 is 10.7. The highest BCUT2D eigenvalue weighted by atomic mass is 16.5. The lowest BCUT2D eigenvalue weighted by atomic mass is 10.1. The average molecular weight is 344 g/mol. The second-order valence-corrected chi connectivity index (χ2v) is 6.27. The number of unbranched alkanes of at least 4 members (excludes halogenated alkanes) is 1. The Bertz CT molecular complexity index is 622. The molecule has 1 rings (SSSR count). The summed E-state index contributed by atoms with van der Waals surface area (Å²) in [7, 11) is 0. The van der Waals surface area contributed by atoms with Crippen molar-refractivity contribution in [3.8, 4) is 11.8 Å². The van der Waals surface area contributed by atoms with Gasteiger partial charge >= 0.3 is 11.9 Å². The normalized spacial score (nSPS) is 11.4. The average Bonchev–Trinajstić information content (AvgIpc) is 2.59. The summed E-state index contributed by atoms with van der Waals surface area (Å²) in [4.78, 5) is 24.4. The molecule has 0 N–H and O–H groups in total. The molecule has 4 heteroatoms. The highest BCUT2D eigenvalue weighted by Crippen LogP contribution is 2.13. The Morgan fingerprint density at radius 3 is 2.40 bits per heavy atom. The van der Waals surface area contributed by atoms with Gasteiger partial charge in [0.25, 0.3) is 0 Å². The number of carbonyl (C=O) groups is 2. The summed E-state index contributed by atoms with van der Waals surface area (Å²) in [5.41, 5.74) is 0.683. The monoisotopic (exact) mass is 344 g/mol. The summed E-state index contributed by atoms with van der Waals surface area (Å²) >= 11 is 0. The Morgan fingerprint density at radius 1 is 1.12 bits per heavy atom. The zero-order valence-electron chi connectivity index (χ0n) is 15.6. The summed E-state index contributed by atoms with van der Waals surface area (Å²) in [6.45, 7) is 8.48. The molecule has 0 aromatic heterocycles. The van der Waals surface area contributed by atoms with Crippen LogP contribution in [-0.4, -0.2) is 24.6 Å². The maximum atomic E-state index is 12.4. The molecule has 4 nitrogen and oxygen atoms in total. The van der Waals surface area contributed by atoms with Gasteiger partial charge in [-0.05, 0) is 37.0 Å². The summed E-state index contributed by atoms with van der Waals surface area (Å²) in [6, 6.07) is 6.43. The number of benzene rings is 1. The predicted octanol–water partition coefficient (Wildman–Crippen LogP) is 4.63. The van der Waals surface area contributed by atoms with E-state index in [2.05, 4.69) is 25.7 Å². The van der Waals surface area contributed by atoms with Crippen molar-refractivity contribution < 1.29 is 19.1 Å². The predicted molar refractivity (Wildman–Crippen MR) is 98.4 cm³/mol. The molecule has 0 saturated heterocycles. The van der Waals surface area contributed by atoms with Gasteiger partial charge < -0.3 is 9.47 Å². The van der Waals surface area contributed by atoms with Gasteiger partial charge in [0.15, 0.2) is 6.10 Å². The SMILES string of the molecule is CCC#CC(CC(C)C)OC(=O)c1cccc(C(=O)OCCCC)c1. The van der Waals surface area contributed by atoms with Crippen LogP contribution >= 0.6 is 0 Å². The van der Waals surface area contributed by atoms with Gasteiger partial charge in [0, 0.05) is 6.42 Å². The minimum atomic E-state index is -0.473. The number of carbonyl (C=O) groups excluding carboxylic acids is 2. The van der Waals surface area contributed by atoms with Crippen LogP contribution in [0.4, 0.5) is 0 Å². The topological polar surface area (TPSA) is 52.6 Å². The van der Waals surface area contributed by atoms with E-state index in [-0.39, 0.29) is 0 Å². The third-order valence-electron chi connectivity index (χ3n) is 3.44. The van der Waals surface area contributed by atoms with Crippen LogP contribution in [0.2, 0.25) is 0 Å². The molecule has 0 radical (unpaired) electrons. The lowest BCUT2D eigenvalue weighted by Crippen LogP contribution is -2.19. The van der Waals surface area contributed by atoms with Crippen LogP contribution in [0.1, 0.15) is 74.1 Å². The number of esters is 2. The van der Waals surface area contributed by atoms with E-state index in [1.54, 1.807) is 18.2 Å². The molecule has 0 amide bonds. The first kappa shape index (κ1) is 20.8. The van der Waals surface area contributed by atoms with Gasteiger partial charge in [0.05, 0.1) is 17.7 Å². The summed E-state index contributed by atoms with van der Waals surface area (Å²) in [6.07, 6.45) is 2.73. The Morgan fingerprint density at radius 2 is 1.80 bits per heavy atom. The van der Waals surface area contributed by atoms with Gasteiger partial charge in [-0.15, -0.1) is 0 Å². The van der Waals surface area contributed by atoms with E-state index < -0.39 is 18.0 Å². The molecule has 136 valence electrons. The van der Waals surface area contributed by atoms with Crippen molar-refractivity contribution in [2.24, 2.45) is 5.92 Å². The van der Waals surface area contributed by atoms with Gasteiger partial charge in [0.1, 0.15) is 0 Å². The van der Waals surface area contributed by atoms with Crippen molar-refractivity contribution >= 4 is 11.9 Å². The highest BCUT2D eigenvalue weighted by Gasteiger charge is 2.17. The van der Waals surface area contributed by atoms with Gasteiger partial charge in [-0.2, -0.15) is 0 Å². The smallest absolute Gasteiger partial charge is 0.339 e. The quantitative estimate of drug-likeness (QED) is 0.392. The number of ether oxygens (including phenoxy) is 2. The third-order valence-corrected chi connectivity index (χ3v) is 3.44. The molecule has 0 aliphatic heterocycles. The maximum absolute atomic E-state index is 12.4. The van der Waals surface area contributed by atoms with E-state index in [1.807, 2.05) is 13.8 Å². The Balaban J connectivity index is 2.80. The van der Waals surface area contributed by atoms with Crippen LogP contribution in [0.5, 0.6) is 0 Å². The van der Waals surface area contributed by atoms with E-state index in [1.165, 1.54) is 6.07 Å². The van der Waals surface area contributed by atoms with Crippen LogP contribution in [0.25, 0.3) is 0 Å². The van der Waals surface area contributed by atoms with Crippen LogP contribution < -0.4 is 0 Å². The number of hydrogen-bond donors (Lipinski definition) is 0. The molecule has 0 aliphatic rings. The van der Waals surface area contributed by atoms with Crippen molar-refractivity contribution in [1.82, 2.24) is 0 Å². The molecular weight excluding hydrogens is 316 g/mol. The first-order chi connectivity index (χ1) is 12.0. The molecule has 0 bridgehead atoms. The van der Waals surface area contributed by atoms with Crippen molar-refractivity contribution in [2.45, 2.75) is 59.5 Å². The Labute approximate surface area is 150 Å². The Kier molecular flexibility index (Phi) is 9.39. The van der Waals surface area contributed by atoms with E-state index in [9.17, 15) is 9.59 Å². The number of hydrogen-bond acceptors (Lipinski definition) is 4. The van der Waals surface area contributed by atoms with Crippen LogP contribution in [-0.2, 0) is 9.47 Å². The summed E-state index contributed by atoms with van der Waals surface area (Å²) in [5, 5.41) is 0.